The van der Waals surface area contributed by atoms with Gasteiger partial charge in [-0.05, 0) is 73.8 Å². The van der Waals surface area contributed by atoms with Crippen LogP contribution in [0.15, 0.2) is 54.7 Å². The van der Waals surface area contributed by atoms with Gasteiger partial charge in [0.25, 0.3) is 0 Å². The van der Waals surface area contributed by atoms with Gasteiger partial charge >= 0.3 is 0 Å². The number of nitrogens with zero attached hydrogens (tertiary/aromatic N) is 4. The van der Waals surface area contributed by atoms with Crippen molar-refractivity contribution < 1.29 is 9.13 Å². The normalized spacial score (nSPS) is 15.8. The topological polar surface area (TPSA) is 43.2 Å². The van der Waals surface area contributed by atoms with Crippen molar-refractivity contribution >= 4 is 0 Å². The minimum atomic E-state index is -0.252. The number of methoxy groups -OCH3 is 1. The minimum absolute atomic E-state index is 0.252. The van der Waals surface area contributed by atoms with E-state index in [0.717, 1.165) is 49.6 Å². The van der Waals surface area contributed by atoms with Gasteiger partial charge < -0.3 is 4.74 Å². The Morgan fingerprint density at radius 1 is 1.11 bits per heavy atom. The third-order valence-electron chi connectivity index (χ3n) is 5.17. The molecule has 0 bridgehead atoms. The lowest BCUT2D eigenvalue weighted by Crippen LogP contribution is -2.32. The van der Waals surface area contributed by atoms with E-state index in [2.05, 4.69) is 33.4 Å². The number of aromatic nitrogens is 3. The Morgan fingerprint density at radius 3 is 2.63 bits per heavy atom. The fraction of sp³-hybridized carbons (Fsp3) is 0.333. The molecule has 1 fully saturated rings. The van der Waals surface area contributed by atoms with Crippen LogP contribution in [-0.4, -0.2) is 40.1 Å². The van der Waals surface area contributed by atoms with Crippen LogP contribution < -0.4 is 4.74 Å². The molecule has 0 spiro atoms. The Balaban J connectivity index is 1.35. The molecule has 2 aromatic carbocycles. The van der Waals surface area contributed by atoms with E-state index >= 15 is 0 Å². The first kappa shape index (κ1) is 17.7. The van der Waals surface area contributed by atoms with Crippen molar-refractivity contribution in [2.75, 3.05) is 20.2 Å². The van der Waals surface area contributed by atoms with Gasteiger partial charge in [0.2, 0.25) is 0 Å². The molecule has 0 radical (unpaired) electrons. The van der Waals surface area contributed by atoms with E-state index < -0.39 is 0 Å². The van der Waals surface area contributed by atoms with E-state index in [4.69, 9.17) is 4.74 Å². The minimum Gasteiger partial charge on any atom is -0.497 e. The Hall–Kier alpha value is -2.73. The second kappa shape index (κ2) is 7.88. The van der Waals surface area contributed by atoms with Gasteiger partial charge in [-0.15, -0.1) is 5.10 Å². The Kier molecular flexibility index (Phi) is 5.16. The highest BCUT2D eigenvalue weighted by Crippen LogP contribution is 2.30. The van der Waals surface area contributed by atoms with Crippen LogP contribution in [0.5, 0.6) is 5.75 Å². The van der Waals surface area contributed by atoms with Crippen LogP contribution >= 0.6 is 0 Å². The van der Waals surface area contributed by atoms with Gasteiger partial charge in [-0.2, -0.15) is 0 Å². The van der Waals surface area contributed by atoms with Crippen molar-refractivity contribution in [3.05, 3.63) is 71.8 Å². The number of ether oxygens (including phenoxy) is 1. The summed E-state index contributed by atoms with van der Waals surface area (Å²) >= 11 is 0. The van der Waals surface area contributed by atoms with Crippen molar-refractivity contribution in [2.24, 2.45) is 0 Å². The quantitative estimate of drug-likeness (QED) is 0.689. The molecule has 140 valence electrons. The number of rotatable bonds is 5. The second-order valence-electron chi connectivity index (χ2n) is 6.96. The SMILES string of the molecule is COc1cccc(C2CCN(Cc3cn(-c4ccc(F)cc4)nn3)CC2)c1. The molecule has 2 heterocycles. The highest BCUT2D eigenvalue weighted by Gasteiger charge is 2.21. The Morgan fingerprint density at radius 2 is 1.89 bits per heavy atom. The molecule has 0 atom stereocenters. The lowest BCUT2D eigenvalue weighted by atomic mass is 9.89. The summed E-state index contributed by atoms with van der Waals surface area (Å²) < 4.78 is 20.1. The average Bonchev–Trinajstić information content (AvgIpc) is 3.17. The highest BCUT2D eigenvalue weighted by molar-refractivity contribution is 5.32. The van der Waals surface area contributed by atoms with Crippen LogP contribution in [0.4, 0.5) is 4.39 Å². The second-order valence-corrected chi connectivity index (χ2v) is 6.96. The van der Waals surface area contributed by atoms with Gasteiger partial charge in [-0.3, -0.25) is 4.90 Å². The highest BCUT2D eigenvalue weighted by atomic mass is 19.1. The third kappa shape index (κ3) is 4.17. The van der Waals surface area contributed by atoms with Crippen molar-refractivity contribution in [3.63, 3.8) is 0 Å². The number of benzene rings is 2. The number of halogens is 1. The summed E-state index contributed by atoms with van der Waals surface area (Å²) in [5.74, 6) is 1.25. The van der Waals surface area contributed by atoms with Crippen LogP contribution in [0.3, 0.4) is 0 Å². The van der Waals surface area contributed by atoms with Crippen molar-refractivity contribution in [2.45, 2.75) is 25.3 Å². The monoisotopic (exact) mass is 366 g/mol. The zero-order valence-corrected chi connectivity index (χ0v) is 15.4. The maximum absolute atomic E-state index is 13.1. The molecule has 27 heavy (non-hydrogen) atoms. The Bertz CT molecular complexity index is 885. The molecule has 0 unspecified atom stereocenters. The van der Waals surface area contributed by atoms with E-state index in [1.54, 1.807) is 23.9 Å². The number of hydrogen-bond donors (Lipinski definition) is 0. The predicted molar refractivity (Wildman–Crippen MR) is 102 cm³/mol. The summed E-state index contributed by atoms with van der Waals surface area (Å²) in [5.41, 5.74) is 3.10. The van der Waals surface area contributed by atoms with Crippen LogP contribution in [0.1, 0.15) is 30.0 Å². The fourth-order valence-corrected chi connectivity index (χ4v) is 3.64. The number of hydrogen-bond acceptors (Lipinski definition) is 4. The molecular weight excluding hydrogens is 343 g/mol. The van der Waals surface area contributed by atoms with E-state index in [1.807, 2.05) is 12.3 Å². The largest absolute Gasteiger partial charge is 0.497 e. The number of piperidine rings is 1. The molecule has 1 aliphatic heterocycles. The zero-order valence-electron chi connectivity index (χ0n) is 15.4. The molecule has 0 amide bonds. The van der Waals surface area contributed by atoms with Gasteiger partial charge in [-0.25, -0.2) is 9.07 Å². The summed E-state index contributed by atoms with van der Waals surface area (Å²) in [6.07, 6.45) is 4.17. The van der Waals surface area contributed by atoms with Gasteiger partial charge in [-0.1, -0.05) is 17.3 Å². The molecule has 3 aromatic rings. The molecule has 1 aromatic heterocycles. The molecule has 0 saturated carbocycles. The first-order valence-corrected chi connectivity index (χ1v) is 9.25. The molecular formula is C21H23FN4O. The standard InChI is InChI=1S/C21H23FN4O/c1-27-21-4-2-3-17(13-21)16-9-11-25(12-10-16)14-19-15-26(24-23-19)20-7-5-18(22)6-8-20/h2-8,13,15-16H,9-12,14H2,1H3. The first-order valence-electron chi connectivity index (χ1n) is 9.25. The zero-order chi connectivity index (χ0) is 18.6. The van der Waals surface area contributed by atoms with Crippen molar-refractivity contribution in [1.29, 1.82) is 0 Å². The van der Waals surface area contributed by atoms with Crippen molar-refractivity contribution in [3.8, 4) is 11.4 Å². The van der Waals surface area contributed by atoms with Crippen LogP contribution in [0, 0.1) is 5.82 Å². The molecule has 4 rings (SSSR count). The summed E-state index contributed by atoms with van der Waals surface area (Å²) in [5, 5.41) is 8.44. The summed E-state index contributed by atoms with van der Waals surface area (Å²) in [7, 11) is 1.71. The van der Waals surface area contributed by atoms with Crippen LogP contribution in [0.25, 0.3) is 5.69 Å². The molecule has 5 nitrogen and oxygen atoms in total. The maximum Gasteiger partial charge on any atom is 0.123 e. The average molecular weight is 366 g/mol. The fourth-order valence-electron chi connectivity index (χ4n) is 3.64. The van der Waals surface area contributed by atoms with Gasteiger partial charge in [0.1, 0.15) is 11.6 Å². The predicted octanol–water partition coefficient (Wildman–Crippen LogP) is 3.79. The molecule has 1 saturated heterocycles. The third-order valence-corrected chi connectivity index (χ3v) is 5.17. The van der Waals surface area contributed by atoms with Crippen LogP contribution in [0.2, 0.25) is 0 Å². The van der Waals surface area contributed by atoms with E-state index in [9.17, 15) is 4.39 Å². The maximum atomic E-state index is 13.1. The van der Waals surface area contributed by atoms with E-state index in [1.165, 1.54) is 17.7 Å². The van der Waals surface area contributed by atoms with E-state index in [0.29, 0.717) is 5.92 Å². The van der Waals surface area contributed by atoms with Gasteiger partial charge in [0, 0.05) is 6.54 Å². The lowest BCUT2D eigenvalue weighted by Gasteiger charge is -2.31. The molecule has 1 aliphatic rings. The smallest absolute Gasteiger partial charge is 0.123 e. The summed E-state index contributed by atoms with van der Waals surface area (Å²) in [6.45, 7) is 2.85. The number of likely N-dealkylation sites (tertiary alicyclic amines) is 1. The summed E-state index contributed by atoms with van der Waals surface area (Å²) in [4.78, 5) is 2.41. The molecule has 6 heteroatoms. The van der Waals surface area contributed by atoms with Gasteiger partial charge in [0.15, 0.2) is 0 Å². The van der Waals surface area contributed by atoms with Gasteiger partial charge in [0.05, 0.1) is 24.7 Å². The lowest BCUT2D eigenvalue weighted by molar-refractivity contribution is 0.202. The van der Waals surface area contributed by atoms with Crippen molar-refractivity contribution in [1.82, 2.24) is 19.9 Å². The molecule has 0 aliphatic carbocycles. The summed E-state index contributed by atoms with van der Waals surface area (Å²) in [6, 6.07) is 14.7. The first-order chi connectivity index (χ1) is 13.2. The molecule has 0 N–H and O–H groups in total. The Labute approximate surface area is 158 Å². The van der Waals surface area contributed by atoms with E-state index in [-0.39, 0.29) is 5.82 Å². The van der Waals surface area contributed by atoms with Crippen LogP contribution in [-0.2, 0) is 6.54 Å².